The van der Waals surface area contributed by atoms with E-state index >= 15 is 0 Å². The maximum absolute atomic E-state index is 13.5. The number of hydrogen-bond donors (Lipinski definition) is 1. The minimum absolute atomic E-state index is 0.00222. The summed E-state index contributed by atoms with van der Waals surface area (Å²) in [5.74, 6) is -0.308. The summed E-state index contributed by atoms with van der Waals surface area (Å²) in [7, 11) is 0. The third-order valence-corrected chi connectivity index (χ3v) is 2.26. The molecule has 2 rings (SSSR count). The zero-order valence-corrected chi connectivity index (χ0v) is 9.18. The molecule has 0 aliphatic rings. The Bertz CT molecular complexity index is 554. The highest BCUT2D eigenvalue weighted by Gasteiger charge is 2.16. The van der Waals surface area contributed by atoms with E-state index in [1.807, 2.05) is 18.2 Å². The van der Waals surface area contributed by atoms with Crippen LogP contribution in [0, 0.1) is 5.82 Å². The van der Waals surface area contributed by atoms with Gasteiger partial charge >= 0.3 is 0 Å². The number of aromatic amines is 1. The van der Waals surface area contributed by atoms with Gasteiger partial charge in [-0.3, -0.25) is 4.79 Å². The van der Waals surface area contributed by atoms with E-state index in [0.29, 0.717) is 5.75 Å². The Morgan fingerprint density at radius 2 is 2.06 bits per heavy atom. The van der Waals surface area contributed by atoms with Crippen LogP contribution in [0.3, 0.4) is 0 Å². The first-order valence-electron chi connectivity index (χ1n) is 5.13. The number of halogens is 1. The highest BCUT2D eigenvalue weighted by atomic mass is 19.1. The first-order valence-corrected chi connectivity index (χ1v) is 5.13. The lowest BCUT2D eigenvalue weighted by Crippen LogP contribution is -2.18. The summed E-state index contributed by atoms with van der Waals surface area (Å²) in [5.41, 5.74) is -0.795. The van der Waals surface area contributed by atoms with E-state index in [4.69, 9.17) is 4.74 Å². The highest BCUT2D eigenvalue weighted by Crippen LogP contribution is 2.19. The van der Waals surface area contributed by atoms with Crippen molar-refractivity contribution in [3.05, 3.63) is 58.5 Å². The van der Waals surface area contributed by atoms with Crippen LogP contribution in [0.2, 0.25) is 0 Å². The second-order valence-corrected chi connectivity index (χ2v) is 3.50. The van der Waals surface area contributed by atoms with Crippen LogP contribution in [0.15, 0.2) is 41.5 Å². The average molecular weight is 234 g/mol. The van der Waals surface area contributed by atoms with Gasteiger partial charge in [0.05, 0.1) is 6.33 Å². The number of ether oxygens (including phenoxy) is 1. The second kappa shape index (κ2) is 4.78. The quantitative estimate of drug-likeness (QED) is 0.884. The van der Waals surface area contributed by atoms with Gasteiger partial charge < -0.3 is 9.72 Å². The van der Waals surface area contributed by atoms with Crippen LogP contribution < -0.4 is 10.3 Å². The van der Waals surface area contributed by atoms with Gasteiger partial charge in [-0.1, -0.05) is 18.2 Å². The number of hydrogen-bond acceptors (Lipinski definition) is 3. The molecule has 4 nitrogen and oxygen atoms in total. The lowest BCUT2D eigenvalue weighted by Gasteiger charge is -2.13. The minimum Gasteiger partial charge on any atom is -0.484 e. The first-order chi connectivity index (χ1) is 8.18. The summed E-state index contributed by atoms with van der Waals surface area (Å²) in [6.07, 6.45) is 0.533. The number of benzene rings is 1. The molecule has 0 aliphatic heterocycles. The van der Waals surface area contributed by atoms with E-state index in [1.165, 1.54) is 0 Å². The summed E-state index contributed by atoms with van der Waals surface area (Å²) < 4.78 is 18.9. The zero-order chi connectivity index (χ0) is 12.3. The topological polar surface area (TPSA) is 55.0 Å². The normalized spacial score (nSPS) is 12.1. The Labute approximate surface area is 97.1 Å². The minimum atomic E-state index is -0.907. The van der Waals surface area contributed by atoms with Gasteiger partial charge in [-0.15, -0.1) is 0 Å². The number of rotatable bonds is 3. The maximum atomic E-state index is 13.5. The van der Waals surface area contributed by atoms with Gasteiger partial charge in [0.1, 0.15) is 17.5 Å². The predicted molar refractivity (Wildman–Crippen MR) is 60.3 cm³/mol. The van der Waals surface area contributed by atoms with Crippen LogP contribution >= 0.6 is 0 Å². The Morgan fingerprint density at radius 3 is 2.76 bits per heavy atom. The molecule has 1 heterocycles. The smallest absolute Gasteiger partial charge is 0.287 e. The molecule has 88 valence electrons. The fraction of sp³-hybridized carbons (Fsp3) is 0.167. The number of para-hydroxylation sites is 1. The van der Waals surface area contributed by atoms with Crippen LogP contribution in [-0.2, 0) is 0 Å². The molecule has 0 aliphatic carbocycles. The molecule has 2 aromatic rings. The summed E-state index contributed by atoms with van der Waals surface area (Å²) in [4.78, 5) is 17.0. The molecule has 0 amide bonds. The van der Waals surface area contributed by atoms with Crippen molar-refractivity contribution in [2.75, 3.05) is 0 Å². The molecule has 0 saturated carbocycles. The highest BCUT2D eigenvalue weighted by molar-refractivity contribution is 5.22. The zero-order valence-electron chi connectivity index (χ0n) is 9.18. The molecule has 1 aromatic heterocycles. The van der Waals surface area contributed by atoms with Crippen molar-refractivity contribution in [2.24, 2.45) is 0 Å². The molecule has 0 saturated heterocycles. The Kier molecular flexibility index (Phi) is 3.18. The number of nitrogens with one attached hydrogen (secondary N) is 1. The molecule has 5 heteroatoms. The van der Waals surface area contributed by atoms with Crippen LogP contribution in [-0.4, -0.2) is 9.97 Å². The number of aromatic nitrogens is 2. The average Bonchev–Trinajstić information content (AvgIpc) is 2.34. The molecule has 1 atom stereocenters. The van der Waals surface area contributed by atoms with Gasteiger partial charge in [0.2, 0.25) is 5.82 Å². The SMILES string of the molecule is CC(Oc1ccccc1)c1nc[nH]c(=O)c1F. The maximum Gasteiger partial charge on any atom is 0.287 e. The summed E-state index contributed by atoms with van der Waals surface area (Å²) in [6.45, 7) is 1.64. The van der Waals surface area contributed by atoms with Crippen molar-refractivity contribution < 1.29 is 9.13 Å². The van der Waals surface area contributed by atoms with Gasteiger partial charge in [0, 0.05) is 0 Å². The van der Waals surface area contributed by atoms with Crippen molar-refractivity contribution in [1.82, 2.24) is 9.97 Å². The van der Waals surface area contributed by atoms with Crippen molar-refractivity contribution >= 4 is 0 Å². The third-order valence-electron chi connectivity index (χ3n) is 2.26. The van der Waals surface area contributed by atoms with Gasteiger partial charge in [-0.05, 0) is 19.1 Å². The van der Waals surface area contributed by atoms with Crippen LogP contribution in [0.1, 0.15) is 18.7 Å². The molecular weight excluding hydrogens is 223 g/mol. The first kappa shape index (κ1) is 11.3. The van der Waals surface area contributed by atoms with Crippen LogP contribution in [0.4, 0.5) is 4.39 Å². The molecule has 1 unspecified atom stereocenters. The lowest BCUT2D eigenvalue weighted by molar-refractivity contribution is 0.215. The monoisotopic (exact) mass is 234 g/mol. The standard InChI is InChI=1S/C12H11FN2O2/c1-8(17-9-5-3-2-4-6-9)11-10(13)12(16)15-7-14-11/h2-8H,1H3,(H,14,15,16). The fourth-order valence-electron chi connectivity index (χ4n) is 1.44. The second-order valence-electron chi connectivity index (χ2n) is 3.50. The van der Waals surface area contributed by atoms with Crippen molar-refractivity contribution in [3.8, 4) is 5.75 Å². The van der Waals surface area contributed by atoms with E-state index in [-0.39, 0.29) is 5.69 Å². The van der Waals surface area contributed by atoms with Gasteiger partial charge in [0.25, 0.3) is 5.56 Å². The fourth-order valence-corrected chi connectivity index (χ4v) is 1.44. The molecule has 0 bridgehead atoms. The van der Waals surface area contributed by atoms with E-state index in [0.717, 1.165) is 6.33 Å². The summed E-state index contributed by atoms with van der Waals surface area (Å²) >= 11 is 0. The van der Waals surface area contributed by atoms with Crippen molar-refractivity contribution in [1.29, 1.82) is 0 Å². The van der Waals surface area contributed by atoms with Crippen LogP contribution in [0.5, 0.6) is 5.75 Å². The third kappa shape index (κ3) is 2.50. The van der Waals surface area contributed by atoms with Gasteiger partial charge in [-0.25, -0.2) is 4.98 Å². The van der Waals surface area contributed by atoms with Gasteiger partial charge in [-0.2, -0.15) is 4.39 Å². The molecule has 1 N–H and O–H groups in total. The van der Waals surface area contributed by atoms with E-state index < -0.39 is 17.5 Å². The lowest BCUT2D eigenvalue weighted by atomic mass is 10.2. The molecule has 0 spiro atoms. The van der Waals surface area contributed by atoms with E-state index in [2.05, 4.69) is 9.97 Å². The van der Waals surface area contributed by atoms with E-state index in [1.54, 1.807) is 19.1 Å². The molecule has 0 radical (unpaired) electrons. The van der Waals surface area contributed by atoms with Crippen LogP contribution in [0.25, 0.3) is 0 Å². The molecular formula is C12H11FN2O2. The number of H-pyrrole nitrogens is 1. The number of nitrogens with zero attached hydrogens (tertiary/aromatic N) is 1. The Morgan fingerprint density at radius 1 is 1.35 bits per heavy atom. The van der Waals surface area contributed by atoms with Crippen molar-refractivity contribution in [2.45, 2.75) is 13.0 Å². The molecule has 0 fully saturated rings. The Hall–Kier alpha value is -2.17. The molecule has 1 aromatic carbocycles. The Balaban J connectivity index is 2.23. The summed E-state index contributed by atoms with van der Waals surface area (Å²) in [5, 5.41) is 0. The predicted octanol–water partition coefficient (Wildman–Crippen LogP) is 2.05. The van der Waals surface area contributed by atoms with E-state index in [9.17, 15) is 9.18 Å². The molecule has 17 heavy (non-hydrogen) atoms. The largest absolute Gasteiger partial charge is 0.484 e. The van der Waals surface area contributed by atoms with Crippen molar-refractivity contribution in [3.63, 3.8) is 0 Å². The van der Waals surface area contributed by atoms with Gasteiger partial charge in [0.15, 0.2) is 0 Å². The summed E-state index contributed by atoms with van der Waals surface area (Å²) in [6, 6.07) is 8.97.